The smallest absolute Gasteiger partial charge is 0.407 e. The molecule has 1 saturated heterocycles. The minimum absolute atomic E-state index is 0.247. The van der Waals surface area contributed by atoms with Crippen molar-refractivity contribution >= 4 is 18.0 Å². The summed E-state index contributed by atoms with van der Waals surface area (Å²) in [5.41, 5.74) is -0.675. The number of nitrogens with zero attached hydrogens (tertiary/aromatic N) is 2. The maximum atomic E-state index is 13.7. The van der Waals surface area contributed by atoms with Crippen LogP contribution in [0.3, 0.4) is 0 Å². The topological polar surface area (TPSA) is 153 Å². The van der Waals surface area contributed by atoms with E-state index in [4.69, 9.17) is 42.6 Å². The summed E-state index contributed by atoms with van der Waals surface area (Å²) in [6.45, 7) is 17.0. The second kappa shape index (κ2) is 22.3. The quantitative estimate of drug-likeness (QED) is 0.0895. The number of rotatable bonds is 20. The second-order valence-electron chi connectivity index (χ2n) is 15.8. The van der Waals surface area contributed by atoms with Gasteiger partial charge in [-0.15, -0.1) is 0 Å². The summed E-state index contributed by atoms with van der Waals surface area (Å²) in [6, 6.07) is 6.29. The van der Waals surface area contributed by atoms with Crippen LogP contribution in [0.5, 0.6) is 34.5 Å². The number of benzene rings is 2. The molecule has 320 valence electrons. The number of hydrogen-bond acceptors (Lipinski definition) is 14. The van der Waals surface area contributed by atoms with Crippen LogP contribution in [0.25, 0.3) is 0 Å². The van der Waals surface area contributed by atoms with Crippen molar-refractivity contribution in [3.05, 3.63) is 35.4 Å². The molecule has 15 nitrogen and oxygen atoms in total. The van der Waals surface area contributed by atoms with E-state index < -0.39 is 35.3 Å². The molecule has 1 fully saturated rings. The zero-order valence-corrected chi connectivity index (χ0v) is 35.9. The van der Waals surface area contributed by atoms with Crippen LogP contribution in [0.1, 0.15) is 94.4 Å². The van der Waals surface area contributed by atoms with E-state index in [1.54, 1.807) is 45.0 Å². The molecule has 1 aliphatic heterocycles. The Labute approximate surface area is 338 Å². The summed E-state index contributed by atoms with van der Waals surface area (Å²) in [5, 5.41) is 2.84. The molecule has 0 radical (unpaired) electrons. The molecule has 1 heterocycles. The van der Waals surface area contributed by atoms with E-state index in [9.17, 15) is 14.4 Å². The van der Waals surface area contributed by atoms with Gasteiger partial charge in [0, 0.05) is 26.2 Å². The molecule has 0 aromatic heterocycles. The SMILES string of the molecule is COc1cc(C(=O)OC(CCCOc2cc(C(=O)OC(C)(C)C)cc(OC)c2OC)CCN2CCCN(CCCNC(=O)OC(C)(C)C)CC2)cc(OC)c1OC. The maximum absolute atomic E-state index is 13.7. The van der Waals surface area contributed by atoms with Crippen molar-refractivity contribution in [1.29, 1.82) is 0 Å². The highest BCUT2D eigenvalue weighted by molar-refractivity contribution is 5.92. The summed E-state index contributed by atoms with van der Waals surface area (Å²) in [7, 11) is 7.48. The fraction of sp³-hybridized carbons (Fsp3) is 0.643. The van der Waals surface area contributed by atoms with Gasteiger partial charge in [0.15, 0.2) is 23.0 Å². The first kappa shape index (κ1) is 46.8. The van der Waals surface area contributed by atoms with E-state index in [0.29, 0.717) is 60.3 Å². The van der Waals surface area contributed by atoms with Crippen molar-refractivity contribution in [2.45, 2.75) is 91.0 Å². The molecule has 0 spiro atoms. The van der Waals surface area contributed by atoms with E-state index in [2.05, 4.69) is 15.1 Å². The molecule has 1 atom stereocenters. The first-order chi connectivity index (χ1) is 27.0. The average Bonchev–Trinajstić information content (AvgIpc) is 3.39. The van der Waals surface area contributed by atoms with Gasteiger partial charge in [0.25, 0.3) is 0 Å². The molecule has 0 bridgehead atoms. The van der Waals surface area contributed by atoms with Crippen LogP contribution in [0, 0.1) is 0 Å². The average molecular weight is 804 g/mol. The van der Waals surface area contributed by atoms with E-state index in [-0.39, 0.29) is 17.7 Å². The molecular weight excluding hydrogens is 738 g/mol. The Balaban J connectivity index is 1.68. The van der Waals surface area contributed by atoms with Gasteiger partial charge in [0.1, 0.15) is 17.3 Å². The lowest BCUT2D eigenvalue weighted by atomic mass is 10.1. The Kier molecular flexibility index (Phi) is 18.3. The molecule has 57 heavy (non-hydrogen) atoms. The predicted molar refractivity (Wildman–Crippen MR) is 216 cm³/mol. The Bertz CT molecular complexity index is 1580. The monoisotopic (exact) mass is 803 g/mol. The fourth-order valence-electron chi connectivity index (χ4n) is 6.27. The van der Waals surface area contributed by atoms with Gasteiger partial charge in [0.2, 0.25) is 11.5 Å². The van der Waals surface area contributed by atoms with Crippen LogP contribution in [-0.4, -0.2) is 133 Å². The van der Waals surface area contributed by atoms with Crippen molar-refractivity contribution < 1.29 is 57.0 Å². The summed E-state index contributed by atoms with van der Waals surface area (Å²) in [5.74, 6) is 1.06. The van der Waals surface area contributed by atoms with Crippen LogP contribution in [0.4, 0.5) is 4.79 Å². The molecule has 0 saturated carbocycles. The molecular formula is C42H65N3O12. The lowest BCUT2D eigenvalue weighted by Gasteiger charge is -2.25. The standard InChI is InChI=1S/C42H65N3O12/c1-41(2,3)56-39(47)30-27-34(51-9)37(53-11)35(28-30)54-24-12-15-31(55-38(46)29-25-32(49-7)36(52-10)33(26-29)50-8)16-21-45-20-14-19-44(22-23-45)18-13-17-43-40(48)57-42(4,5)6/h25-28,31H,12-24H2,1-11H3,(H,43,48). The number of methoxy groups -OCH3 is 5. The van der Waals surface area contributed by atoms with Crippen LogP contribution in [0.2, 0.25) is 0 Å². The Morgan fingerprint density at radius 3 is 1.67 bits per heavy atom. The van der Waals surface area contributed by atoms with Crippen LogP contribution < -0.4 is 33.7 Å². The number of esters is 2. The van der Waals surface area contributed by atoms with Crippen molar-refractivity contribution in [2.24, 2.45) is 0 Å². The highest BCUT2D eigenvalue weighted by atomic mass is 16.6. The molecule has 1 N–H and O–H groups in total. The van der Waals surface area contributed by atoms with E-state index in [0.717, 1.165) is 52.1 Å². The summed E-state index contributed by atoms with van der Waals surface area (Å²) in [6.07, 6.45) is 2.61. The molecule has 0 aliphatic carbocycles. The molecule has 1 amide bonds. The molecule has 15 heteroatoms. The number of amides is 1. The Morgan fingerprint density at radius 1 is 0.632 bits per heavy atom. The third-order valence-corrected chi connectivity index (χ3v) is 8.95. The van der Waals surface area contributed by atoms with Gasteiger partial charge in [-0.25, -0.2) is 14.4 Å². The predicted octanol–water partition coefficient (Wildman–Crippen LogP) is 6.38. The third-order valence-electron chi connectivity index (χ3n) is 8.95. The van der Waals surface area contributed by atoms with E-state index in [1.165, 1.54) is 35.5 Å². The lowest BCUT2D eigenvalue weighted by molar-refractivity contribution is 0.00678. The molecule has 1 aliphatic rings. The first-order valence-electron chi connectivity index (χ1n) is 19.6. The van der Waals surface area contributed by atoms with Crippen LogP contribution >= 0.6 is 0 Å². The van der Waals surface area contributed by atoms with Crippen molar-refractivity contribution in [3.63, 3.8) is 0 Å². The molecule has 2 aromatic rings. The zero-order chi connectivity index (χ0) is 42.2. The third kappa shape index (κ3) is 15.7. The van der Waals surface area contributed by atoms with Gasteiger partial charge in [-0.2, -0.15) is 0 Å². The summed E-state index contributed by atoms with van der Waals surface area (Å²) >= 11 is 0. The van der Waals surface area contributed by atoms with E-state index in [1.807, 2.05) is 20.8 Å². The van der Waals surface area contributed by atoms with Gasteiger partial charge in [0.05, 0.1) is 53.3 Å². The number of carbonyl (C=O) groups excluding carboxylic acids is 3. The Hall–Kier alpha value is -4.63. The fourth-order valence-corrected chi connectivity index (χ4v) is 6.27. The van der Waals surface area contributed by atoms with Gasteiger partial charge >= 0.3 is 18.0 Å². The van der Waals surface area contributed by atoms with Crippen molar-refractivity contribution in [1.82, 2.24) is 15.1 Å². The number of carbonyl (C=O) groups is 3. The molecule has 3 rings (SSSR count). The van der Waals surface area contributed by atoms with Gasteiger partial charge in [-0.3, -0.25) is 0 Å². The van der Waals surface area contributed by atoms with E-state index >= 15 is 0 Å². The lowest BCUT2D eigenvalue weighted by Crippen LogP contribution is -2.36. The maximum Gasteiger partial charge on any atom is 0.407 e. The van der Waals surface area contributed by atoms with Crippen molar-refractivity contribution in [2.75, 3.05) is 88.0 Å². The minimum atomic E-state index is -0.686. The number of alkyl carbamates (subject to hydrolysis) is 1. The highest BCUT2D eigenvalue weighted by Crippen LogP contribution is 2.40. The normalized spacial score (nSPS) is 14.4. The number of nitrogens with one attached hydrogen (secondary N) is 1. The zero-order valence-electron chi connectivity index (χ0n) is 35.9. The summed E-state index contributed by atoms with van der Waals surface area (Å²) in [4.78, 5) is 43.4. The first-order valence-corrected chi connectivity index (χ1v) is 19.6. The molecule has 1 unspecified atom stereocenters. The second-order valence-corrected chi connectivity index (χ2v) is 15.8. The number of ether oxygens (including phenoxy) is 9. The van der Waals surface area contributed by atoms with Gasteiger partial charge < -0.3 is 57.7 Å². The summed E-state index contributed by atoms with van der Waals surface area (Å²) < 4.78 is 50.7. The Morgan fingerprint density at radius 2 is 1.14 bits per heavy atom. The minimum Gasteiger partial charge on any atom is -0.493 e. The van der Waals surface area contributed by atoms with Crippen LogP contribution in [0.15, 0.2) is 24.3 Å². The highest BCUT2D eigenvalue weighted by Gasteiger charge is 2.25. The number of hydrogen-bond donors (Lipinski definition) is 1. The molecule has 2 aromatic carbocycles. The van der Waals surface area contributed by atoms with Gasteiger partial charge in [-0.05, 0) is 118 Å². The van der Waals surface area contributed by atoms with Crippen LogP contribution in [-0.2, 0) is 14.2 Å². The van der Waals surface area contributed by atoms with Crippen molar-refractivity contribution in [3.8, 4) is 34.5 Å². The van der Waals surface area contributed by atoms with Gasteiger partial charge in [-0.1, -0.05) is 0 Å². The largest absolute Gasteiger partial charge is 0.493 e.